The lowest BCUT2D eigenvalue weighted by molar-refractivity contribution is -0.167. The highest BCUT2D eigenvalue weighted by atomic mass is 16.6. The first-order chi connectivity index (χ1) is 31.0. The van der Waals surface area contributed by atoms with Gasteiger partial charge in [0.2, 0.25) is 0 Å². The number of hydrogen-bond donors (Lipinski definition) is 0. The van der Waals surface area contributed by atoms with Crippen LogP contribution in [0.3, 0.4) is 0 Å². The van der Waals surface area contributed by atoms with Gasteiger partial charge in [-0.15, -0.1) is 0 Å². The molecule has 0 fully saturated rings. The SMILES string of the molecule is CCCCC/C=C\C/C=C\C/C=C\C/C=C\CCCC(=O)OC[C@H](COC(=O)CCCCCCCCCCCCC)OC(=O)CCCCCC/C=C\C/C=C\C/C=C\CCCCC. The molecule has 0 aliphatic heterocycles. The number of carbonyl (C=O) groups excluding carboxylic acids is 3. The number of rotatable bonds is 46. The lowest BCUT2D eigenvalue weighted by Gasteiger charge is -2.18. The van der Waals surface area contributed by atoms with Crippen LogP contribution in [0.4, 0.5) is 0 Å². The van der Waals surface area contributed by atoms with Gasteiger partial charge in [-0.3, -0.25) is 14.4 Å². The number of allylic oxidation sites excluding steroid dienone is 14. The molecule has 0 radical (unpaired) electrons. The summed E-state index contributed by atoms with van der Waals surface area (Å²) < 4.78 is 16.7. The molecule has 0 saturated heterocycles. The first kappa shape index (κ1) is 59.6. The van der Waals surface area contributed by atoms with Crippen LogP contribution in [0.2, 0.25) is 0 Å². The van der Waals surface area contributed by atoms with Crippen LogP contribution in [-0.4, -0.2) is 37.2 Å². The fraction of sp³-hybridized carbons (Fsp3) is 0.702. The summed E-state index contributed by atoms with van der Waals surface area (Å²) in [4.78, 5) is 37.9. The van der Waals surface area contributed by atoms with Gasteiger partial charge in [-0.25, -0.2) is 0 Å². The van der Waals surface area contributed by atoms with Crippen molar-refractivity contribution in [1.29, 1.82) is 0 Å². The first-order valence-electron chi connectivity index (χ1n) is 26.1. The first-order valence-corrected chi connectivity index (χ1v) is 26.1. The molecule has 63 heavy (non-hydrogen) atoms. The van der Waals surface area contributed by atoms with Gasteiger partial charge in [0, 0.05) is 19.3 Å². The van der Waals surface area contributed by atoms with Gasteiger partial charge in [0.25, 0.3) is 0 Å². The topological polar surface area (TPSA) is 78.9 Å². The lowest BCUT2D eigenvalue weighted by Crippen LogP contribution is -2.30. The molecule has 0 aliphatic carbocycles. The molecule has 0 aromatic carbocycles. The van der Waals surface area contributed by atoms with E-state index < -0.39 is 6.10 Å². The maximum Gasteiger partial charge on any atom is 0.306 e. The minimum absolute atomic E-state index is 0.102. The molecule has 0 aromatic rings. The van der Waals surface area contributed by atoms with Crippen molar-refractivity contribution in [1.82, 2.24) is 0 Å². The predicted octanol–water partition coefficient (Wildman–Crippen LogP) is 17.2. The maximum absolute atomic E-state index is 12.8. The Kier molecular flexibility index (Phi) is 48.5. The molecule has 0 N–H and O–H groups in total. The Bertz CT molecular complexity index is 1240. The molecule has 6 heteroatoms. The van der Waals surface area contributed by atoms with E-state index in [1.165, 1.54) is 103 Å². The maximum atomic E-state index is 12.8. The minimum Gasteiger partial charge on any atom is -0.462 e. The fourth-order valence-corrected chi connectivity index (χ4v) is 6.91. The van der Waals surface area contributed by atoms with E-state index in [1.807, 2.05) is 0 Å². The molecule has 0 spiro atoms. The third-order valence-corrected chi connectivity index (χ3v) is 10.9. The highest BCUT2D eigenvalue weighted by molar-refractivity contribution is 5.71. The Morgan fingerprint density at radius 3 is 0.984 bits per heavy atom. The normalized spacial score (nSPS) is 12.7. The second-order valence-electron chi connectivity index (χ2n) is 17.1. The average molecular weight is 877 g/mol. The van der Waals surface area contributed by atoms with Crippen molar-refractivity contribution < 1.29 is 28.6 Å². The summed E-state index contributed by atoms with van der Waals surface area (Å²) >= 11 is 0. The fourth-order valence-electron chi connectivity index (χ4n) is 6.91. The number of ether oxygens (including phenoxy) is 3. The number of carbonyl (C=O) groups is 3. The molecule has 1 atom stereocenters. The number of esters is 3. The Hall–Kier alpha value is -3.41. The molecular formula is C57H96O6. The largest absolute Gasteiger partial charge is 0.462 e. The van der Waals surface area contributed by atoms with Crippen molar-refractivity contribution >= 4 is 17.9 Å². The highest BCUT2D eigenvalue weighted by Crippen LogP contribution is 2.14. The van der Waals surface area contributed by atoms with Crippen molar-refractivity contribution in [2.75, 3.05) is 13.2 Å². The van der Waals surface area contributed by atoms with Crippen LogP contribution < -0.4 is 0 Å². The summed E-state index contributed by atoms with van der Waals surface area (Å²) in [5.41, 5.74) is 0. The third kappa shape index (κ3) is 49.5. The molecule has 0 saturated carbocycles. The second kappa shape index (κ2) is 51.2. The van der Waals surface area contributed by atoms with E-state index in [1.54, 1.807) is 0 Å². The predicted molar refractivity (Wildman–Crippen MR) is 270 cm³/mol. The van der Waals surface area contributed by atoms with Crippen molar-refractivity contribution in [2.24, 2.45) is 0 Å². The minimum atomic E-state index is -0.808. The summed E-state index contributed by atoms with van der Waals surface area (Å²) in [6, 6.07) is 0. The molecule has 0 amide bonds. The summed E-state index contributed by atoms with van der Waals surface area (Å²) in [7, 11) is 0. The third-order valence-electron chi connectivity index (χ3n) is 10.9. The van der Waals surface area contributed by atoms with Crippen molar-refractivity contribution in [3.8, 4) is 0 Å². The Labute approximate surface area is 388 Å². The van der Waals surface area contributed by atoms with Gasteiger partial charge >= 0.3 is 17.9 Å². The van der Waals surface area contributed by atoms with E-state index in [0.29, 0.717) is 19.3 Å². The summed E-state index contributed by atoms with van der Waals surface area (Å²) in [5, 5.41) is 0. The van der Waals surface area contributed by atoms with Gasteiger partial charge in [0.05, 0.1) is 0 Å². The van der Waals surface area contributed by atoms with Gasteiger partial charge in [-0.1, -0.05) is 209 Å². The zero-order valence-corrected chi connectivity index (χ0v) is 41.1. The molecular weight excluding hydrogens is 781 g/mol. The van der Waals surface area contributed by atoms with Crippen LogP contribution in [0, 0.1) is 0 Å². The van der Waals surface area contributed by atoms with Crippen LogP contribution in [0.25, 0.3) is 0 Å². The Morgan fingerprint density at radius 1 is 0.317 bits per heavy atom. The molecule has 360 valence electrons. The van der Waals surface area contributed by atoms with E-state index >= 15 is 0 Å². The quantitative estimate of drug-likeness (QED) is 0.0262. The molecule has 0 unspecified atom stereocenters. The van der Waals surface area contributed by atoms with Crippen LogP contribution in [0.15, 0.2) is 85.1 Å². The van der Waals surface area contributed by atoms with Gasteiger partial charge in [-0.05, 0) is 96.3 Å². The molecule has 0 aromatic heterocycles. The molecule has 6 nitrogen and oxygen atoms in total. The molecule has 0 aliphatic rings. The van der Waals surface area contributed by atoms with E-state index in [-0.39, 0.29) is 37.5 Å². The Balaban J connectivity index is 4.50. The van der Waals surface area contributed by atoms with Crippen LogP contribution in [0.5, 0.6) is 0 Å². The Morgan fingerprint density at radius 2 is 0.587 bits per heavy atom. The molecule has 0 rings (SSSR count). The van der Waals surface area contributed by atoms with E-state index in [9.17, 15) is 14.4 Å². The zero-order valence-electron chi connectivity index (χ0n) is 41.1. The summed E-state index contributed by atoms with van der Waals surface area (Å²) in [6.45, 7) is 6.50. The highest BCUT2D eigenvalue weighted by Gasteiger charge is 2.19. The lowest BCUT2D eigenvalue weighted by atomic mass is 10.1. The molecule has 0 bridgehead atoms. The van der Waals surface area contributed by atoms with Crippen LogP contribution >= 0.6 is 0 Å². The average Bonchev–Trinajstić information content (AvgIpc) is 3.28. The smallest absolute Gasteiger partial charge is 0.306 e. The van der Waals surface area contributed by atoms with Gasteiger partial charge < -0.3 is 14.2 Å². The zero-order chi connectivity index (χ0) is 45.8. The van der Waals surface area contributed by atoms with E-state index in [4.69, 9.17) is 14.2 Å². The second-order valence-corrected chi connectivity index (χ2v) is 17.1. The molecule has 0 heterocycles. The van der Waals surface area contributed by atoms with Gasteiger partial charge in [0.15, 0.2) is 6.10 Å². The van der Waals surface area contributed by atoms with Gasteiger partial charge in [0.1, 0.15) is 13.2 Å². The van der Waals surface area contributed by atoms with Gasteiger partial charge in [-0.2, -0.15) is 0 Å². The monoisotopic (exact) mass is 877 g/mol. The summed E-state index contributed by atoms with van der Waals surface area (Å²) in [5.74, 6) is -0.984. The van der Waals surface area contributed by atoms with Crippen LogP contribution in [0.1, 0.15) is 239 Å². The van der Waals surface area contributed by atoms with Crippen LogP contribution in [-0.2, 0) is 28.6 Å². The van der Waals surface area contributed by atoms with E-state index in [2.05, 4.69) is 106 Å². The van der Waals surface area contributed by atoms with Crippen molar-refractivity contribution in [2.45, 2.75) is 245 Å². The van der Waals surface area contributed by atoms with Crippen molar-refractivity contribution in [3.63, 3.8) is 0 Å². The summed E-state index contributed by atoms with van der Waals surface area (Å²) in [6.07, 6.45) is 65.7. The standard InChI is InChI=1S/C57H96O6/c1-4-7-10-13-16-19-22-24-26-28-30-32-35-38-41-44-47-50-56(59)62-53-54(52-61-55(58)49-46-43-40-37-34-21-18-15-12-9-6-3)63-57(60)51-48-45-42-39-36-33-31-29-27-25-23-20-17-14-11-8-5-2/h16-17,19-20,24-27,30-33,38,41,54H,4-15,18,21-23,28-29,34-37,39-40,42-53H2,1-3H3/b19-16-,20-17-,26-24-,27-25-,32-30-,33-31-,41-38-/t54-/m0/s1. The van der Waals surface area contributed by atoms with Crippen molar-refractivity contribution in [3.05, 3.63) is 85.1 Å². The van der Waals surface area contributed by atoms with E-state index in [0.717, 1.165) is 89.9 Å². The number of unbranched alkanes of at least 4 members (excludes halogenated alkanes) is 21. The number of hydrogen-bond acceptors (Lipinski definition) is 6.